The van der Waals surface area contributed by atoms with Gasteiger partial charge < -0.3 is 4.90 Å². The lowest BCUT2D eigenvalue weighted by molar-refractivity contribution is -0.104. The van der Waals surface area contributed by atoms with Crippen molar-refractivity contribution >= 4 is 17.9 Å². The van der Waals surface area contributed by atoms with Crippen LogP contribution in [0.1, 0.15) is 39.0 Å². The van der Waals surface area contributed by atoms with Gasteiger partial charge in [-0.1, -0.05) is 30.2 Å². The van der Waals surface area contributed by atoms with Gasteiger partial charge in [0.2, 0.25) is 0 Å². The van der Waals surface area contributed by atoms with E-state index in [1.165, 1.54) is 63.9 Å². The van der Waals surface area contributed by atoms with Crippen LogP contribution in [0.2, 0.25) is 0 Å². The zero-order valence-electron chi connectivity index (χ0n) is 12.4. The van der Waals surface area contributed by atoms with Crippen LogP contribution in [0.15, 0.2) is 35.4 Å². The van der Waals surface area contributed by atoms with Crippen molar-refractivity contribution in [2.45, 2.75) is 39.0 Å². The van der Waals surface area contributed by atoms with E-state index in [1.807, 2.05) is 13.0 Å². The molecule has 0 aromatic heterocycles. The highest BCUT2D eigenvalue weighted by molar-refractivity contribution is 6.31. The molecule has 1 saturated carbocycles. The molecular weight excluding hydrogens is 270 g/mol. The van der Waals surface area contributed by atoms with E-state index in [0.717, 1.165) is 5.92 Å². The van der Waals surface area contributed by atoms with E-state index in [0.29, 0.717) is 11.3 Å². The van der Waals surface area contributed by atoms with Gasteiger partial charge in [0, 0.05) is 11.6 Å². The highest BCUT2D eigenvalue weighted by Gasteiger charge is 2.24. The standard InChI is InChI=1S/C9H17N.C8H9ClO/c1-2-6-10(7-3-1)8-9-4-5-9;1-2-3-5-8(9)6-4-7-10/h9H,1-8H2;2-7H,1H3/b;3-2-,6-4+,8-5+. The van der Waals surface area contributed by atoms with Gasteiger partial charge in [0.25, 0.3) is 0 Å². The molecule has 0 bridgehead atoms. The Morgan fingerprint density at radius 3 is 2.45 bits per heavy atom. The van der Waals surface area contributed by atoms with E-state index in [9.17, 15) is 4.79 Å². The summed E-state index contributed by atoms with van der Waals surface area (Å²) >= 11 is 5.60. The molecule has 2 aliphatic rings. The van der Waals surface area contributed by atoms with Gasteiger partial charge in [0.15, 0.2) is 0 Å². The van der Waals surface area contributed by atoms with E-state index in [4.69, 9.17) is 11.6 Å². The van der Waals surface area contributed by atoms with E-state index in [2.05, 4.69) is 4.90 Å². The summed E-state index contributed by atoms with van der Waals surface area (Å²) in [5, 5.41) is 0.546. The Balaban J connectivity index is 0.000000200. The SMILES string of the molecule is C1CCN(CC2CC2)CC1.C\C=C/C=C(Cl)\C=C\C=O. The van der Waals surface area contributed by atoms with Crippen LogP contribution in [0.5, 0.6) is 0 Å². The van der Waals surface area contributed by atoms with Crippen LogP contribution in [0, 0.1) is 5.92 Å². The van der Waals surface area contributed by atoms with Crippen LogP contribution in [-0.2, 0) is 4.79 Å². The molecule has 0 radical (unpaired) electrons. The van der Waals surface area contributed by atoms with Gasteiger partial charge in [-0.15, -0.1) is 0 Å². The fraction of sp³-hybridized carbons (Fsp3) is 0.588. The van der Waals surface area contributed by atoms with Gasteiger partial charge >= 0.3 is 0 Å². The molecule has 112 valence electrons. The number of aldehydes is 1. The summed E-state index contributed by atoms with van der Waals surface area (Å²) in [5.41, 5.74) is 0. The Morgan fingerprint density at radius 1 is 1.20 bits per heavy atom. The fourth-order valence-electron chi connectivity index (χ4n) is 2.18. The van der Waals surface area contributed by atoms with Crippen LogP contribution < -0.4 is 0 Å². The van der Waals surface area contributed by atoms with Crippen LogP contribution in [0.4, 0.5) is 0 Å². The molecule has 2 fully saturated rings. The number of rotatable bonds is 5. The molecule has 0 aromatic carbocycles. The molecule has 0 N–H and O–H groups in total. The second kappa shape index (κ2) is 10.9. The smallest absolute Gasteiger partial charge is 0.142 e. The topological polar surface area (TPSA) is 20.3 Å². The van der Waals surface area contributed by atoms with Crippen molar-refractivity contribution in [1.82, 2.24) is 4.90 Å². The monoisotopic (exact) mass is 295 g/mol. The van der Waals surface area contributed by atoms with Gasteiger partial charge in [-0.2, -0.15) is 0 Å². The molecule has 1 saturated heterocycles. The molecule has 2 nitrogen and oxygen atoms in total. The average molecular weight is 296 g/mol. The third-order valence-corrected chi connectivity index (χ3v) is 3.70. The lowest BCUT2D eigenvalue weighted by Gasteiger charge is -2.26. The lowest BCUT2D eigenvalue weighted by atomic mass is 10.1. The van der Waals surface area contributed by atoms with Gasteiger partial charge in [0.1, 0.15) is 6.29 Å². The number of piperidine rings is 1. The molecule has 2 rings (SSSR count). The molecule has 0 atom stereocenters. The lowest BCUT2D eigenvalue weighted by Crippen LogP contribution is -2.31. The van der Waals surface area contributed by atoms with E-state index < -0.39 is 0 Å². The quantitative estimate of drug-likeness (QED) is 0.428. The first-order valence-electron chi connectivity index (χ1n) is 7.59. The van der Waals surface area contributed by atoms with Crippen molar-refractivity contribution in [2.75, 3.05) is 19.6 Å². The zero-order chi connectivity index (χ0) is 14.6. The van der Waals surface area contributed by atoms with Gasteiger partial charge in [-0.3, -0.25) is 4.79 Å². The maximum absolute atomic E-state index is 9.79. The molecule has 1 aliphatic carbocycles. The van der Waals surface area contributed by atoms with E-state index >= 15 is 0 Å². The molecule has 20 heavy (non-hydrogen) atoms. The number of allylic oxidation sites excluding steroid dienone is 6. The van der Waals surface area contributed by atoms with E-state index in [1.54, 1.807) is 12.2 Å². The van der Waals surface area contributed by atoms with Crippen molar-refractivity contribution in [2.24, 2.45) is 5.92 Å². The Bertz CT molecular complexity index is 350. The summed E-state index contributed by atoms with van der Waals surface area (Å²) < 4.78 is 0. The maximum Gasteiger partial charge on any atom is 0.142 e. The molecule has 0 spiro atoms. The summed E-state index contributed by atoms with van der Waals surface area (Å²) in [6.45, 7) is 6.08. The predicted octanol–water partition coefficient (Wildman–Crippen LogP) is 4.32. The molecular formula is C17H26ClNO. The highest BCUT2D eigenvalue weighted by atomic mass is 35.5. The largest absolute Gasteiger partial charge is 0.303 e. The van der Waals surface area contributed by atoms with Gasteiger partial charge in [-0.05, 0) is 69.8 Å². The minimum absolute atomic E-state index is 0.546. The van der Waals surface area contributed by atoms with Gasteiger partial charge in [0.05, 0.1) is 0 Å². The Hall–Kier alpha value is -0.860. The summed E-state index contributed by atoms with van der Waals surface area (Å²) in [6, 6.07) is 0. The average Bonchev–Trinajstić information content (AvgIpc) is 3.28. The molecule has 1 aliphatic heterocycles. The van der Waals surface area contributed by atoms with Crippen LogP contribution >= 0.6 is 11.6 Å². The molecule has 0 unspecified atom stereocenters. The predicted molar refractivity (Wildman–Crippen MR) is 87.0 cm³/mol. The van der Waals surface area contributed by atoms with Crippen molar-refractivity contribution in [3.05, 3.63) is 35.4 Å². The second-order valence-electron chi connectivity index (χ2n) is 5.38. The van der Waals surface area contributed by atoms with Crippen LogP contribution in [-0.4, -0.2) is 30.8 Å². The maximum atomic E-state index is 9.79. The number of likely N-dealkylation sites (tertiary alicyclic amines) is 1. The van der Waals surface area contributed by atoms with Crippen molar-refractivity contribution in [3.8, 4) is 0 Å². The summed E-state index contributed by atoms with van der Waals surface area (Å²) in [6.07, 6.45) is 16.3. The third kappa shape index (κ3) is 9.11. The second-order valence-corrected chi connectivity index (χ2v) is 5.81. The van der Waals surface area contributed by atoms with E-state index in [-0.39, 0.29) is 0 Å². The van der Waals surface area contributed by atoms with Crippen molar-refractivity contribution < 1.29 is 4.79 Å². The summed E-state index contributed by atoms with van der Waals surface area (Å²) in [5.74, 6) is 1.10. The zero-order valence-corrected chi connectivity index (χ0v) is 13.2. The minimum atomic E-state index is 0.546. The molecule has 0 amide bonds. The fourth-order valence-corrected chi connectivity index (χ4v) is 2.33. The number of carbonyl (C=O) groups is 1. The Morgan fingerprint density at radius 2 is 1.90 bits per heavy atom. The van der Waals surface area contributed by atoms with Crippen LogP contribution in [0.3, 0.4) is 0 Å². The number of carbonyl (C=O) groups excluding carboxylic acids is 1. The highest BCUT2D eigenvalue weighted by Crippen LogP contribution is 2.30. The summed E-state index contributed by atoms with van der Waals surface area (Å²) in [4.78, 5) is 12.4. The number of halogens is 1. The Labute approximate surface area is 128 Å². The van der Waals surface area contributed by atoms with Crippen LogP contribution in [0.25, 0.3) is 0 Å². The first-order valence-corrected chi connectivity index (χ1v) is 7.96. The Kier molecular flexibility index (Phi) is 9.35. The first-order chi connectivity index (χ1) is 9.76. The number of hydrogen-bond acceptors (Lipinski definition) is 2. The molecule has 1 heterocycles. The first kappa shape index (κ1) is 17.2. The minimum Gasteiger partial charge on any atom is -0.303 e. The molecule has 0 aromatic rings. The number of nitrogens with zero attached hydrogens (tertiary/aromatic N) is 1. The third-order valence-electron chi connectivity index (χ3n) is 3.44. The van der Waals surface area contributed by atoms with Gasteiger partial charge in [-0.25, -0.2) is 0 Å². The summed E-state index contributed by atoms with van der Waals surface area (Å²) in [7, 11) is 0. The van der Waals surface area contributed by atoms with Crippen molar-refractivity contribution in [1.29, 1.82) is 0 Å². The normalized spacial score (nSPS) is 21.0. The molecule has 3 heteroatoms. The number of hydrogen-bond donors (Lipinski definition) is 0. The van der Waals surface area contributed by atoms with Crippen molar-refractivity contribution in [3.63, 3.8) is 0 Å².